The summed E-state index contributed by atoms with van der Waals surface area (Å²) in [4.78, 5) is 21.2. The number of nitrogens with zero attached hydrogens (tertiary/aromatic N) is 6. The number of tetrazole rings is 1. The van der Waals surface area contributed by atoms with Gasteiger partial charge in [-0.25, -0.2) is 18.5 Å². The number of benzene rings is 2. The van der Waals surface area contributed by atoms with Gasteiger partial charge in [0.25, 0.3) is 5.56 Å². The highest BCUT2D eigenvalue weighted by Gasteiger charge is 2.28. The van der Waals surface area contributed by atoms with E-state index in [1.807, 2.05) is 12.1 Å². The summed E-state index contributed by atoms with van der Waals surface area (Å²) < 4.78 is 26.3. The van der Waals surface area contributed by atoms with Crippen LogP contribution in [0.4, 0.5) is 0 Å². The summed E-state index contributed by atoms with van der Waals surface area (Å²) in [6.07, 6.45) is 4.54. The van der Waals surface area contributed by atoms with E-state index >= 15 is 0 Å². The van der Waals surface area contributed by atoms with Crippen molar-refractivity contribution in [2.24, 2.45) is 5.14 Å². The number of hydrogen-bond donors (Lipinski definition) is 2. The third-order valence-corrected chi connectivity index (χ3v) is 7.57. The first-order chi connectivity index (χ1) is 17.8. The summed E-state index contributed by atoms with van der Waals surface area (Å²) in [5, 5.41) is 17.1. The summed E-state index contributed by atoms with van der Waals surface area (Å²) in [6.45, 7) is 0. The number of hydrogen-bond acceptors (Lipinski definition) is 7. The van der Waals surface area contributed by atoms with E-state index in [0.717, 1.165) is 22.4 Å². The van der Waals surface area contributed by atoms with Crippen LogP contribution in [0.15, 0.2) is 76.8 Å². The summed E-state index contributed by atoms with van der Waals surface area (Å²) in [7, 11) is -3.77. The topological polar surface area (TPSA) is 154 Å². The average molecular weight is 535 g/mol. The molecule has 5 aromatic rings. The molecule has 3 aromatic heterocycles. The van der Waals surface area contributed by atoms with Crippen molar-refractivity contribution in [3.8, 4) is 28.1 Å². The van der Waals surface area contributed by atoms with Gasteiger partial charge in [0.1, 0.15) is 12.2 Å². The Balaban J connectivity index is 1.35. The molecule has 13 heteroatoms. The molecule has 0 fully saturated rings. The Labute approximate surface area is 215 Å². The Morgan fingerprint density at radius 1 is 1.05 bits per heavy atom. The molecule has 11 nitrogen and oxygen atoms in total. The highest BCUT2D eigenvalue weighted by Crippen LogP contribution is 2.34. The van der Waals surface area contributed by atoms with Crippen molar-refractivity contribution in [1.82, 2.24) is 34.7 Å². The molecule has 2 aromatic carbocycles. The van der Waals surface area contributed by atoms with Crippen LogP contribution in [0.25, 0.3) is 28.1 Å². The fourth-order valence-electron chi connectivity index (χ4n) is 4.70. The van der Waals surface area contributed by atoms with E-state index in [1.165, 1.54) is 23.1 Å². The van der Waals surface area contributed by atoms with Gasteiger partial charge in [-0.2, -0.15) is 4.68 Å². The molecule has 1 aliphatic heterocycles. The molecular weight excluding hydrogens is 516 g/mol. The van der Waals surface area contributed by atoms with Gasteiger partial charge in [-0.3, -0.25) is 4.79 Å². The van der Waals surface area contributed by atoms with Gasteiger partial charge in [0.05, 0.1) is 28.5 Å². The molecular formula is C24H19ClN8O3S. The number of nitrogens with one attached hydrogen (secondary N) is 1. The lowest BCUT2D eigenvalue weighted by Crippen LogP contribution is -2.23. The number of rotatable bonds is 5. The second-order valence-corrected chi connectivity index (χ2v) is 10.7. The Morgan fingerprint density at radius 2 is 1.86 bits per heavy atom. The molecule has 4 heterocycles. The van der Waals surface area contributed by atoms with Crippen molar-refractivity contribution in [3.05, 3.63) is 94.0 Å². The van der Waals surface area contributed by atoms with Crippen LogP contribution in [-0.4, -0.2) is 43.2 Å². The summed E-state index contributed by atoms with van der Waals surface area (Å²) in [5.41, 5.74) is 4.35. The van der Waals surface area contributed by atoms with Crippen LogP contribution in [0.1, 0.15) is 24.0 Å². The lowest BCUT2D eigenvalue weighted by Gasteiger charge is -2.15. The molecule has 0 radical (unpaired) electrons. The van der Waals surface area contributed by atoms with Gasteiger partial charge in [0.15, 0.2) is 0 Å². The van der Waals surface area contributed by atoms with Crippen molar-refractivity contribution in [1.29, 1.82) is 0 Å². The van der Waals surface area contributed by atoms with E-state index in [2.05, 4.69) is 25.5 Å². The number of aryl methyl sites for hydroxylation is 1. The fourth-order valence-corrected chi connectivity index (χ4v) is 5.38. The van der Waals surface area contributed by atoms with Crippen molar-refractivity contribution in [2.75, 3.05) is 0 Å². The standard InChI is InChI=1S/C24H19ClN8O3S/c25-16-3-7-21(32-13-28-30-31-32)19(11-16)15-9-17-4-8-22(33(17)23(34)10-15)24-27-12-20(29-24)14-1-5-18(6-2-14)37(26,35)36/h1-3,5-7,9-13,22H,4,8H2,(H,27,29)(H2,26,35,36)/t22-/m0/s1. The number of primary sulfonamides is 1. The normalized spacial score (nSPS) is 15.1. The van der Waals surface area contributed by atoms with Crippen LogP contribution in [0.3, 0.4) is 0 Å². The smallest absolute Gasteiger partial charge is 0.252 e. The van der Waals surface area contributed by atoms with Crippen LogP contribution in [-0.2, 0) is 16.4 Å². The van der Waals surface area contributed by atoms with Crippen LogP contribution >= 0.6 is 11.6 Å². The van der Waals surface area contributed by atoms with Crippen molar-refractivity contribution in [3.63, 3.8) is 0 Å². The average Bonchev–Trinajstić information content (AvgIpc) is 3.64. The monoisotopic (exact) mass is 534 g/mol. The molecule has 1 aliphatic rings. The number of fused-ring (bicyclic) bond motifs is 1. The molecule has 0 unspecified atom stereocenters. The maximum atomic E-state index is 13.4. The predicted octanol–water partition coefficient (Wildman–Crippen LogP) is 2.72. The number of nitrogens with two attached hydrogens (primary N) is 1. The molecule has 0 bridgehead atoms. The van der Waals surface area contributed by atoms with E-state index in [4.69, 9.17) is 16.7 Å². The quantitative estimate of drug-likeness (QED) is 0.351. The Hall–Kier alpha value is -4.13. The van der Waals surface area contributed by atoms with E-state index < -0.39 is 10.0 Å². The SMILES string of the molecule is NS(=O)(=O)c1ccc(-c2cnc([C@@H]3CCc4cc(-c5cc(Cl)ccc5-n5cnnn5)cc(=O)n43)[nH]2)cc1. The van der Waals surface area contributed by atoms with Gasteiger partial charge < -0.3 is 9.55 Å². The van der Waals surface area contributed by atoms with E-state index in [0.29, 0.717) is 35.1 Å². The largest absolute Gasteiger partial charge is 0.340 e. The minimum Gasteiger partial charge on any atom is -0.340 e. The number of H-pyrrole nitrogens is 1. The first-order valence-corrected chi connectivity index (χ1v) is 13.2. The Kier molecular flexibility index (Phi) is 5.51. The summed E-state index contributed by atoms with van der Waals surface area (Å²) in [5.74, 6) is 0.649. The lowest BCUT2D eigenvalue weighted by atomic mass is 10.0. The van der Waals surface area contributed by atoms with Gasteiger partial charge in [-0.05, 0) is 70.8 Å². The first kappa shape index (κ1) is 23.3. The van der Waals surface area contributed by atoms with E-state index in [1.54, 1.807) is 41.1 Å². The van der Waals surface area contributed by atoms with Gasteiger partial charge in [-0.15, -0.1) is 5.10 Å². The molecule has 1 atom stereocenters. The minimum absolute atomic E-state index is 0.0333. The maximum Gasteiger partial charge on any atom is 0.252 e. The third-order valence-electron chi connectivity index (χ3n) is 6.40. The molecule has 0 aliphatic carbocycles. The van der Waals surface area contributed by atoms with Crippen molar-refractivity contribution < 1.29 is 8.42 Å². The highest BCUT2D eigenvalue weighted by molar-refractivity contribution is 7.89. The molecule has 0 saturated heterocycles. The lowest BCUT2D eigenvalue weighted by molar-refractivity contribution is 0.572. The van der Waals surface area contributed by atoms with Crippen LogP contribution in [0, 0.1) is 0 Å². The van der Waals surface area contributed by atoms with Crippen molar-refractivity contribution >= 4 is 21.6 Å². The summed E-state index contributed by atoms with van der Waals surface area (Å²) >= 11 is 6.28. The molecule has 37 heavy (non-hydrogen) atoms. The van der Waals surface area contributed by atoms with E-state index in [9.17, 15) is 13.2 Å². The molecule has 186 valence electrons. The predicted molar refractivity (Wildman–Crippen MR) is 136 cm³/mol. The molecule has 3 N–H and O–H groups in total. The fraction of sp³-hybridized carbons (Fsp3) is 0.125. The van der Waals surface area contributed by atoms with Crippen LogP contribution in [0.2, 0.25) is 5.02 Å². The van der Waals surface area contributed by atoms with Gasteiger partial charge in [-0.1, -0.05) is 23.7 Å². The van der Waals surface area contributed by atoms with Gasteiger partial charge in [0, 0.05) is 22.3 Å². The number of aromatic amines is 1. The molecule has 0 spiro atoms. The van der Waals surface area contributed by atoms with Gasteiger partial charge >= 0.3 is 0 Å². The zero-order valence-electron chi connectivity index (χ0n) is 19.1. The number of aromatic nitrogens is 7. The molecule has 6 rings (SSSR count). The maximum absolute atomic E-state index is 13.4. The number of sulfonamides is 1. The second-order valence-electron chi connectivity index (χ2n) is 8.67. The Morgan fingerprint density at radius 3 is 2.59 bits per heavy atom. The second kappa shape index (κ2) is 8.76. The highest BCUT2D eigenvalue weighted by atomic mass is 35.5. The number of halogens is 1. The minimum atomic E-state index is -3.77. The van der Waals surface area contributed by atoms with Crippen molar-refractivity contribution in [2.45, 2.75) is 23.8 Å². The molecule has 0 amide bonds. The molecule has 0 saturated carbocycles. The zero-order chi connectivity index (χ0) is 25.7. The summed E-state index contributed by atoms with van der Waals surface area (Å²) in [6, 6.07) is 14.9. The van der Waals surface area contributed by atoms with E-state index in [-0.39, 0.29) is 16.5 Å². The van der Waals surface area contributed by atoms with Gasteiger partial charge in [0.2, 0.25) is 10.0 Å². The Bertz CT molecular complexity index is 1790. The third kappa shape index (κ3) is 4.24. The first-order valence-electron chi connectivity index (χ1n) is 11.2. The zero-order valence-corrected chi connectivity index (χ0v) is 20.7. The number of pyridine rings is 1. The van der Waals surface area contributed by atoms with Crippen LogP contribution < -0.4 is 10.7 Å². The van der Waals surface area contributed by atoms with Crippen LogP contribution in [0.5, 0.6) is 0 Å². The number of imidazole rings is 1.